The third-order valence-electron chi connectivity index (χ3n) is 5.22. The second-order valence-electron chi connectivity index (χ2n) is 7.44. The van der Waals surface area contributed by atoms with Gasteiger partial charge in [0.15, 0.2) is 5.13 Å². The van der Waals surface area contributed by atoms with Gasteiger partial charge in [0.05, 0.1) is 10.6 Å². The third-order valence-corrected chi connectivity index (χ3v) is 7.90. The van der Waals surface area contributed by atoms with E-state index in [1.807, 2.05) is 17.5 Å². The van der Waals surface area contributed by atoms with E-state index < -0.39 is 10.0 Å². The lowest BCUT2D eigenvalue weighted by Crippen LogP contribution is -2.35. The maximum Gasteiger partial charge on any atom is 0.243 e. The summed E-state index contributed by atoms with van der Waals surface area (Å²) in [5, 5.41) is 5.26. The number of anilines is 1. The lowest BCUT2D eigenvalue weighted by Gasteiger charge is -2.25. The first kappa shape index (κ1) is 21.6. The number of amides is 1. The molecule has 1 N–H and O–H groups in total. The Bertz CT molecular complexity index is 1120. The summed E-state index contributed by atoms with van der Waals surface area (Å²) >= 11 is 1.37. The van der Waals surface area contributed by atoms with E-state index in [9.17, 15) is 13.2 Å². The molecule has 3 aromatic rings. The van der Waals surface area contributed by atoms with Gasteiger partial charge in [-0.2, -0.15) is 4.31 Å². The van der Waals surface area contributed by atoms with Crippen molar-refractivity contribution in [1.82, 2.24) is 14.3 Å². The molecule has 2 aromatic heterocycles. The van der Waals surface area contributed by atoms with Crippen molar-refractivity contribution in [3.05, 3.63) is 59.7 Å². The SMILES string of the molecule is O=C(CCc1ccc(S(=O)(=O)N2CCCCC2)cc1)Nc1nc(-c2cccnc2)cs1. The van der Waals surface area contributed by atoms with Crippen molar-refractivity contribution in [3.8, 4) is 11.3 Å². The largest absolute Gasteiger partial charge is 0.302 e. The number of sulfonamides is 1. The minimum Gasteiger partial charge on any atom is -0.302 e. The molecule has 1 aliphatic heterocycles. The van der Waals surface area contributed by atoms with Gasteiger partial charge in [-0.15, -0.1) is 11.3 Å². The highest BCUT2D eigenvalue weighted by atomic mass is 32.2. The zero-order valence-corrected chi connectivity index (χ0v) is 18.7. The molecule has 162 valence electrons. The number of thiazole rings is 1. The number of aromatic nitrogens is 2. The first-order valence-corrected chi connectivity index (χ1v) is 12.6. The zero-order chi connectivity index (χ0) is 21.7. The van der Waals surface area contributed by atoms with Crippen LogP contribution in [0.5, 0.6) is 0 Å². The van der Waals surface area contributed by atoms with E-state index in [0.717, 1.165) is 36.1 Å². The average Bonchev–Trinajstić information content (AvgIpc) is 3.27. The van der Waals surface area contributed by atoms with Crippen molar-refractivity contribution in [1.29, 1.82) is 0 Å². The van der Waals surface area contributed by atoms with Crippen molar-refractivity contribution >= 4 is 32.4 Å². The Balaban J connectivity index is 1.31. The molecule has 0 bridgehead atoms. The van der Waals surface area contributed by atoms with Crippen LogP contribution in [0.25, 0.3) is 11.3 Å². The summed E-state index contributed by atoms with van der Waals surface area (Å²) in [5.41, 5.74) is 2.60. The Morgan fingerprint density at radius 1 is 1.10 bits per heavy atom. The topological polar surface area (TPSA) is 92.3 Å². The van der Waals surface area contributed by atoms with Gasteiger partial charge in [0.25, 0.3) is 0 Å². The number of pyridine rings is 1. The Labute approximate surface area is 186 Å². The van der Waals surface area contributed by atoms with Crippen LogP contribution in [0, 0.1) is 0 Å². The Hall–Kier alpha value is -2.62. The summed E-state index contributed by atoms with van der Waals surface area (Å²) in [4.78, 5) is 21.1. The second-order valence-corrected chi connectivity index (χ2v) is 10.2. The van der Waals surface area contributed by atoms with Crippen molar-refractivity contribution in [2.24, 2.45) is 0 Å². The molecule has 0 aliphatic carbocycles. The van der Waals surface area contributed by atoms with E-state index in [2.05, 4.69) is 15.3 Å². The summed E-state index contributed by atoms with van der Waals surface area (Å²) in [7, 11) is -3.43. The van der Waals surface area contributed by atoms with Crippen LogP contribution in [-0.2, 0) is 21.2 Å². The van der Waals surface area contributed by atoms with Crippen LogP contribution >= 0.6 is 11.3 Å². The van der Waals surface area contributed by atoms with E-state index >= 15 is 0 Å². The molecule has 1 aromatic carbocycles. The molecular weight excluding hydrogens is 432 g/mol. The van der Waals surface area contributed by atoms with Crippen LogP contribution in [0.2, 0.25) is 0 Å². The molecule has 1 amide bonds. The molecule has 1 fully saturated rings. The van der Waals surface area contributed by atoms with Gasteiger partial charge in [-0.25, -0.2) is 13.4 Å². The number of carbonyl (C=O) groups is 1. The number of nitrogens with one attached hydrogen (secondary N) is 1. The van der Waals surface area contributed by atoms with Gasteiger partial charge in [-0.1, -0.05) is 18.6 Å². The van der Waals surface area contributed by atoms with Crippen molar-refractivity contribution in [2.45, 2.75) is 37.0 Å². The predicted octanol–water partition coefficient (Wildman–Crippen LogP) is 3.95. The molecule has 1 aliphatic rings. The molecule has 31 heavy (non-hydrogen) atoms. The molecule has 0 atom stereocenters. The molecular formula is C22H24N4O3S2. The fourth-order valence-electron chi connectivity index (χ4n) is 3.50. The van der Waals surface area contributed by atoms with Gasteiger partial charge in [0.2, 0.25) is 15.9 Å². The van der Waals surface area contributed by atoms with E-state index in [4.69, 9.17) is 0 Å². The minimum atomic E-state index is -3.43. The molecule has 0 saturated carbocycles. The Morgan fingerprint density at radius 2 is 1.87 bits per heavy atom. The summed E-state index contributed by atoms with van der Waals surface area (Å²) in [6.45, 7) is 1.17. The van der Waals surface area contributed by atoms with Gasteiger partial charge in [0, 0.05) is 42.8 Å². The molecule has 3 heterocycles. The standard InChI is InChI=1S/C22H24N4O3S2/c27-21(25-22-24-20(16-30-22)18-5-4-12-23-15-18)11-8-17-6-9-19(10-7-17)31(28,29)26-13-2-1-3-14-26/h4-7,9-10,12,15-16H,1-3,8,11,13-14H2,(H,24,25,27). The lowest BCUT2D eigenvalue weighted by atomic mass is 10.1. The number of carbonyl (C=O) groups excluding carboxylic acids is 1. The molecule has 4 rings (SSSR count). The van der Waals surface area contributed by atoms with Crippen molar-refractivity contribution in [3.63, 3.8) is 0 Å². The predicted molar refractivity (Wildman–Crippen MR) is 121 cm³/mol. The highest BCUT2D eigenvalue weighted by Crippen LogP contribution is 2.24. The highest BCUT2D eigenvalue weighted by Gasteiger charge is 2.25. The molecule has 0 unspecified atom stereocenters. The van der Waals surface area contributed by atoms with Gasteiger partial charge in [-0.3, -0.25) is 9.78 Å². The number of rotatable bonds is 7. The monoisotopic (exact) mass is 456 g/mol. The van der Waals surface area contributed by atoms with E-state index in [0.29, 0.717) is 36.0 Å². The smallest absolute Gasteiger partial charge is 0.243 e. The van der Waals surface area contributed by atoms with Gasteiger partial charge in [0.1, 0.15) is 0 Å². The normalized spacial score (nSPS) is 15.0. The van der Waals surface area contributed by atoms with Crippen LogP contribution in [-0.4, -0.2) is 41.7 Å². The number of piperidine rings is 1. The molecule has 1 saturated heterocycles. The van der Waals surface area contributed by atoms with Crippen LogP contribution in [0.3, 0.4) is 0 Å². The second kappa shape index (κ2) is 9.67. The molecule has 7 nitrogen and oxygen atoms in total. The molecule has 0 spiro atoms. The highest BCUT2D eigenvalue weighted by molar-refractivity contribution is 7.89. The van der Waals surface area contributed by atoms with Crippen LogP contribution < -0.4 is 5.32 Å². The molecule has 9 heteroatoms. The summed E-state index contributed by atoms with van der Waals surface area (Å²) in [6, 6.07) is 10.6. The first-order chi connectivity index (χ1) is 15.0. The zero-order valence-electron chi connectivity index (χ0n) is 17.0. The number of aryl methyl sites for hydroxylation is 1. The van der Waals surface area contributed by atoms with Crippen LogP contribution in [0.15, 0.2) is 59.1 Å². The number of hydrogen-bond acceptors (Lipinski definition) is 6. The lowest BCUT2D eigenvalue weighted by molar-refractivity contribution is -0.116. The van der Waals surface area contributed by atoms with E-state index in [-0.39, 0.29) is 5.91 Å². The van der Waals surface area contributed by atoms with Gasteiger partial charge >= 0.3 is 0 Å². The van der Waals surface area contributed by atoms with Crippen molar-refractivity contribution in [2.75, 3.05) is 18.4 Å². The average molecular weight is 457 g/mol. The Morgan fingerprint density at radius 3 is 2.58 bits per heavy atom. The van der Waals surface area contributed by atoms with E-state index in [1.54, 1.807) is 41.0 Å². The number of hydrogen-bond donors (Lipinski definition) is 1. The quantitative estimate of drug-likeness (QED) is 0.581. The first-order valence-electron chi connectivity index (χ1n) is 10.3. The minimum absolute atomic E-state index is 0.128. The summed E-state index contributed by atoms with van der Waals surface area (Å²) < 4.78 is 27.0. The maximum atomic E-state index is 12.7. The number of nitrogens with zero attached hydrogens (tertiary/aromatic N) is 3. The fourth-order valence-corrected chi connectivity index (χ4v) is 5.75. The van der Waals surface area contributed by atoms with Crippen molar-refractivity contribution < 1.29 is 13.2 Å². The van der Waals surface area contributed by atoms with E-state index in [1.165, 1.54) is 11.3 Å². The van der Waals surface area contributed by atoms with Gasteiger partial charge in [-0.05, 0) is 49.1 Å². The van der Waals surface area contributed by atoms with Crippen LogP contribution in [0.4, 0.5) is 5.13 Å². The third kappa shape index (κ3) is 5.36. The Kier molecular flexibility index (Phi) is 6.74. The summed E-state index contributed by atoms with van der Waals surface area (Å²) in [6.07, 6.45) is 7.16. The summed E-state index contributed by atoms with van der Waals surface area (Å²) in [5.74, 6) is -0.128. The fraction of sp³-hybridized carbons (Fsp3) is 0.318. The van der Waals surface area contributed by atoms with Crippen LogP contribution in [0.1, 0.15) is 31.2 Å². The van der Waals surface area contributed by atoms with Gasteiger partial charge < -0.3 is 5.32 Å². The number of benzene rings is 1. The maximum absolute atomic E-state index is 12.7. The molecule has 0 radical (unpaired) electrons.